The number of carbonyl (C=O) groups excluding carboxylic acids is 4. The molecular formula is C22H31N3O6. The van der Waals surface area contributed by atoms with E-state index in [9.17, 15) is 19.2 Å². The van der Waals surface area contributed by atoms with Crippen LogP contribution in [0.15, 0.2) is 30.3 Å². The Morgan fingerprint density at radius 3 is 2.42 bits per heavy atom. The smallest absolute Gasteiger partial charge is 0.408 e. The van der Waals surface area contributed by atoms with E-state index in [4.69, 9.17) is 9.47 Å². The summed E-state index contributed by atoms with van der Waals surface area (Å²) in [6.07, 6.45) is -1.39. The highest BCUT2D eigenvalue weighted by atomic mass is 16.6. The molecule has 1 aromatic carbocycles. The highest BCUT2D eigenvalue weighted by Gasteiger charge is 2.38. The molecule has 0 aliphatic carbocycles. The normalized spacial score (nSPS) is 17.8. The molecule has 1 heterocycles. The van der Waals surface area contributed by atoms with Crippen LogP contribution in [0.3, 0.4) is 0 Å². The van der Waals surface area contributed by atoms with Crippen LogP contribution in [0.1, 0.15) is 46.1 Å². The number of alkyl carbamates (subject to hydrolysis) is 1. The first kappa shape index (κ1) is 24.2. The first-order valence-electron chi connectivity index (χ1n) is 10.3. The fraction of sp³-hybridized carbons (Fsp3) is 0.545. The van der Waals surface area contributed by atoms with Crippen molar-refractivity contribution >= 4 is 23.9 Å². The lowest BCUT2D eigenvalue weighted by Gasteiger charge is -2.29. The molecule has 1 aromatic rings. The summed E-state index contributed by atoms with van der Waals surface area (Å²) >= 11 is 0. The molecular weight excluding hydrogens is 402 g/mol. The van der Waals surface area contributed by atoms with Crippen LogP contribution >= 0.6 is 0 Å². The van der Waals surface area contributed by atoms with Gasteiger partial charge in [-0.1, -0.05) is 30.3 Å². The topological polar surface area (TPSA) is 123 Å². The van der Waals surface area contributed by atoms with E-state index < -0.39 is 41.6 Å². The van der Waals surface area contributed by atoms with Crippen molar-refractivity contribution in [1.29, 1.82) is 0 Å². The van der Waals surface area contributed by atoms with Crippen LogP contribution in [-0.4, -0.2) is 48.2 Å². The van der Waals surface area contributed by atoms with Crippen molar-refractivity contribution in [3.8, 4) is 0 Å². The van der Waals surface area contributed by atoms with E-state index in [1.165, 1.54) is 6.92 Å². The molecule has 0 saturated carbocycles. The van der Waals surface area contributed by atoms with Crippen molar-refractivity contribution in [2.24, 2.45) is 5.92 Å². The van der Waals surface area contributed by atoms with Crippen LogP contribution in [-0.2, 0) is 30.4 Å². The maximum Gasteiger partial charge on any atom is 0.408 e. The van der Waals surface area contributed by atoms with Crippen LogP contribution in [0.25, 0.3) is 0 Å². The SMILES string of the molecule is CC(=O)OC(C(=O)NCc1ccccc1)C(C[C@@H]1CCNC1=O)NC(=O)OC(C)(C)C. The molecule has 3 N–H and O–H groups in total. The summed E-state index contributed by atoms with van der Waals surface area (Å²) in [6.45, 7) is 7.05. The van der Waals surface area contributed by atoms with E-state index in [2.05, 4.69) is 16.0 Å². The molecule has 31 heavy (non-hydrogen) atoms. The van der Waals surface area contributed by atoms with E-state index in [1.807, 2.05) is 30.3 Å². The molecule has 0 spiro atoms. The van der Waals surface area contributed by atoms with Gasteiger partial charge in [0.25, 0.3) is 5.91 Å². The van der Waals surface area contributed by atoms with Gasteiger partial charge in [0.1, 0.15) is 5.60 Å². The maximum absolute atomic E-state index is 12.9. The fourth-order valence-electron chi connectivity index (χ4n) is 3.28. The van der Waals surface area contributed by atoms with Gasteiger partial charge in [-0.15, -0.1) is 0 Å². The average molecular weight is 434 g/mol. The minimum Gasteiger partial charge on any atom is -0.450 e. The zero-order chi connectivity index (χ0) is 23.0. The zero-order valence-electron chi connectivity index (χ0n) is 18.4. The van der Waals surface area contributed by atoms with Gasteiger partial charge in [0, 0.05) is 25.9 Å². The molecule has 2 unspecified atom stereocenters. The molecule has 1 fully saturated rings. The summed E-state index contributed by atoms with van der Waals surface area (Å²) in [6, 6.07) is 8.30. The van der Waals surface area contributed by atoms with Gasteiger partial charge in [-0.05, 0) is 39.2 Å². The monoisotopic (exact) mass is 433 g/mol. The Balaban J connectivity index is 2.19. The van der Waals surface area contributed by atoms with Gasteiger partial charge >= 0.3 is 12.1 Å². The fourth-order valence-corrected chi connectivity index (χ4v) is 3.28. The molecule has 9 heteroatoms. The van der Waals surface area contributed by atoms with Gasteiger partial charge in [0.15, 0.2) is 6.10 Å². The number of esters is 1. The van der Waals surface area contributed by atoms with Gasteiger partial charge in [-0.25, -0.2) is 4.79 Å². The van der Waals surface area contributed by atoms with Crippen molar-refractivity contribution in [3.05, 3.63) is 35.9 Å². The Kier molecular flexibility index (Phi) is 8.41. The molecule has 2 rings (SSSR count). The van der Waals surface area contributed by atoms with Crippen LogP contribution < -0.4 is 16.0 Å². The van der Waals surface area contributed by atoms with Gasteiger partial charge in [0.2, 0.25) is 5.91 Å². The summed E-state index contributed by atoms with van der Waals surface area (Å²) in [5.41, 5.74) is 0.107. The number of nitrogens with one attached hydrogen (secondary N) is 3. The molecule has 0 aromatic heterocycles. The van der Waals surface area contributed by atoms with Crippen LogP contribution in [0.4, 0.5) is 4.79 Å². The number of benzene rings is 1. The summed E-state index contributed by atoms with van der Waals surface area (Å²) in [5, 5.41) is 8.09. The van der Waals surface area contributed by atoms with Crippen molar-refractivity contribution in [3.63, 3.8) is 0 Å². The lowest BCUT2D eigenvalue weighted by Crippen LogP contribution is -2.54. The molecule has 0 bridgehead atoms. The molecule has 0 radical (unpaired) electrons. The third-order valence-corrected chi connectivity index (χ3v) is 4.63. The second-order valence-corrected chi connectivity index (χ2v) is 8.50. The van der Waals surface area contributed by atoms with Gasteiger partial charge in [-0.2, -0.15) is 0 Å². The molecule has 170 valence electrons. The number of hydrogen-bond acceptors (Lipinski definition) is 6. The summed E-state index contributed by atoms with van der Waals surface area (Å²) in [5.74, 6) is -1.83. The Morgan fingerprint density at radius 1 is 1.19 bits per heavy atom. The largest absolute Gasteiger partial charge is 0.450 e. The van der Waals surface area contributed by atoms with E-state index in [0.29, 0.717) is 13.0 Å². The van der Waals surface area contributed by atoms with Gasteiger partial charge < -0.3 is 25.4 Å². The molecule has 1 saturated heterocycles. The van der Waals surface area contributed by atoms with E-state index in [1.54, 1.807) is 20.8 Å². The molecule has 9 nitrogen and oxygen atoms in total. The highest BCUT2D eigenvalue weighted by molar-refractivity contribution is 5.85. The van der Waals surface area contributed by atoms with Crippen molar-refractivity contribution < 1.29 is 28.7 Å². The Morgan fingerprint density at radius 2 is 1.87 bits per heavy atom. The predicted octanol–water partition coefficient (Wildman–Crippen LogP) is 1.65. The van der Waals surface area contributed by atoms with Crippen molar-refractivity contribution in [2.45, 2.75) is 64.8 Å². The van der Waals surface area contributed by atoms with Gasteiger partial charge in [-0.3, -0.25) is 14.4 Å². The number of carbonyl (C=O) groups is 4. The van der Waals surface area contributed by atoms with Gasteiger partial charge in [0.05, 0.1) is 6.04 Å². The summed E-state index contributed by atoms with van der Waals surface area (Å²) in [4.78, 5) is 49.2. The molecule has 1 aliphatic heterocycles. The predicted molar refractivity (Wildman–Crippen MR) is 113 cm³/mol. The standard InChI is InChI=1S/C22H31N3O6/c1-14(26)30-18(20(28)24-13-15-8-6-5-7-9-15)17(12-16-10-11-23-19(16)27)25-21(29)31-22(2,3)4/h5-9,16-18H,10-13H2,1-4H3,(H,23,27)(H,24,28)(H,25,29)/t16-,17?,18?/m0/s1. The number of rotatable bonds is 8. The maximum atomic E-state index is 12.9. The Bertz CT molecular complexity index is 790. The van der Waals surface area contributed by atoms with Crippen molar-refractivity contribution in [2.75, 3.05) is 6.54 Å². The number of amides is 3. The van der Waals surface area contributed by atoms with Crippen LogP contribution in [0, 0.1) is 5.92 Å². The summed E-state index contributed by atoms with van der Waals surface area (Å²) < 4.78 is 10.6. The lowest BCUT2D eigenvalue weighted by atomic mass is 9.94. The molecule has 1 aliphatic rings. The lowest BCUT2D eigenvalue weighted by molar-refractivity contribution is -0.156. The van der Waals surface area contributed by atoms with Crippen LogP contribution in [0.5, 0.6) is 0 Å². The summed E-state index contributed by atoms with van der Waals surface area (Å²) in [7, 11) is 0. The quantitative estimate of drug-likeness (QED) is 0.536. The number of ether oxygens (including phenoxy) is 2. The Labute approximate surface area is 182 Å². The molecule has 3 atom stereocenters. The van der Waals surface area contributed by atoms with E-state index in [-0.39, 0.29) is 18.9 Å². The minimum absolute atomic E-state index is 0.127. The number of hydrogen-bond donors (Lipinski definition) is 3. The molecule has 3 amide bonds. The first-order valence-corrected chi connectivity index (χ1v) is 10.3. The second kappa shape index (κ2) is 10.8. The third kappa shape index (κ3) is 8.27. The third-order valence-electron chi connectivity index (χ3n) is 4.63. The van der Waals surface area contributed by atoms with Crippen molar-refractivity contribution in [1.82, 2.24) is 16.0 Å². The minimum atomic E-state index is -1.32. The highest BCUT2D eigenvalue weighted by Crippen LogP contribution is 2.20. The first-order chi connectivity index (χ1) is 14.5. The van der Waals surface area contributed by atoms with E-state index >= 15 is 0 Å². The van der Waals surface area contributed by atoms with E-state index in [0.717, 1.165) is 5.56 Å². The Hall–Kier alpha value is -3.10. The average Bonchev–Trinajstić information content (AvgIpc) is 3.07. The zero-order valence-corrected chi connectivity index (χ0v) is 18.4. The van der Waals surface area contributed by atoms with Crippen LogP contribution in [0.2, 0.25) is 0 Å². The second-order valence-electron chi connectivity index (χ2n) is 8.50.